The third-order valence-corrected chi connectivity index (χ3v) is 4.73. The fraction of sp³-hybridized carbons (Fsp3) is 0.611. The van der Waals surface area contributed by atoms with Crippen molar-refractivity contribution in [1.29, 1.82) is 0 Å². The van der Waals surface area contributed by atoms with Crippen molar-refractivity contribution in [2.24, 2.45) is 0 Å². The Labute approximate surface area is 138 Å². The molecule has 0 saturated heterocycles. The SMILES string of the molecule is Cc1ccc(C[C@@H](C)N[C@@H](C)c2nncn2C2CCCC2)nc1. The quantitative estimate of drug-likeness (QED) is 0.888. The summed E-state index contributed by atoms with van der Waals surface area (Å²) in [6.45, 7) is 6.44. The Balaban J connectivity index is 1.61. The minimum Gasteiger partial charge on any atom is -0.313 e. The highest BCUT2D eigenvalue weighted by atomic mass is 15.3. The lowest BCUT2D eigenvalue weighted by Gasteiger charge is -2.22. The van der Waals surface area contributed by atoms with E-state index < -0.39 is 0 Å². The van der Waals surface area contributed by atoms with Crippen LogP contribution in [0.5, 0.6) is 0 Å². The first-order valence-corrected chi connectivity index (χ1v) is 8.70. The summed E-state index contributed by atoms with van der Waals surface area (Å²) in [5.41, 5.74) is 2.33. The zero-order valence-electron chi connectivity index (χ0n) is 14.4. The van der Waals surface area contributed by atoms with Gasteiger partial charge in [-0.15, -0.1) is 10.2 Å². The zero-order chi connectivity index (χ0) is 16.2. The van der Waals surface area contributed by atoms with Gasteiger partial charge in [-0.3, -0.25) is 4.98 Å². The Morgan fingerprint density at radius 1 is 1.26 bits per heavy atom. The van der Waals surface area contributed by atoms with Gasteiger partial charge in [-0.05, 0) is 45.2 Å². The standard InChI is InChI=1S/C18H27N5/c1-13-8-9-16(19-11-13)10-14(2)21-15(3)18-22-20-12-23(18)17-6-4-5-7-17/h8-9,11-12,14-15,17,21H,4-7,10H2,1-3H3/t14-,15+/m1/s1. The van der Waals surface area contributed by atoms with Gasteiger partial charge in [0, 0.05) is 30.4 Å². The van der Waals surface area contributed by atoms with Crippen LogP contribution in [0.3, 0.4) is 0 Å². The lowest BCUT2D eigenvalue weighted by Crippen LogP contribution is -2.32. The third kappa shape index (κ3) is 3.96. The molecule has 0 spiro atoms. The third-order valence-electron chi connectivity index (χ3n) is 4.73. The predicted octanol–water partition coefficient (Wildman–Crippen LogP) is 3.38. The van der Waals surface area contributed by atoms with E-state index in [9.17, 15) is 0 Å². The van der Waals surface area contributed by atoms with Crippen molar-refractivity contribution >= 4 is 0 Å². The molecule has 0 unspecified atom stereocenters. The van der Waals surface area contributed by atoms with Gasteiger partial charge < -0.3 is 9.88 Å². The minimum atomic E-state index is 0.193. The topological polar surface area (TPSA) is 55.6 Å². The van der Waals surface area contributed by atoms with Crippen molar-refractivity contribution in [3.8, 4) is 0 Å². The van der Waals surface area contributed by atoms with E-state index in [1.54, 1.807) is 0 Å². The second kappa shape index (κ2) is 7.21. The van der Waals surface area contributed by atoms with E-state index in [-0.39, 0.29) is 6.04 Å². The van der Waals surface area contributed by atoms with Crippen molar-refractivity contribution in [3.63, 3.8) is 0 Å². The molecule has 1 fully saturated rings. The molecule has 2 atom stereocenters. The number of rotatable bonds is 6. The van der Waals surface area contributed by atoms with Crippen LogP contribution in [0.25, 0.3) is 0 Å². The molecule has 2 aromatic rings. The Kier molecular flexibility index (Phi) is 5.06. The van der Waals surface area contributed by atoms with E-state index in [1.165, 1.54) is 31.2 Å². The normalized spacial score (nSPS) is 18.2. The van der Waals surface area contributed by atoms with E-state index in [1.807, 2.05) is 12.5 Å². The smallest absolute Gasteiger partial charge is 0.149 e. The Hall–Kier alpha value is -1.75. The largest absolute Gasteiger partial charge is 0.313 e. The summed E-state index contributed by atoms with van der Waals surface area (Å²) in [5.74, 6) is 1.06. The first-order chi connectivity index (χ1) is 11.1. The second-order valence-corrected chi connectivity index (χ2v) is 6.86. The summed E-state index contributed by atoms with van der Waals surface area (Å²) in [6.07, 6.45) is 9.89. The van der Waals surface area contributed by atoms with Crippen LogP contribution in [-0.2, 0) is 6.42 Å². The molecule has 5 nitrogen and oxygen atoms in total. The van der Waals surface area contributed by atoms with Gasteiger partial charge >= 0.3 is 0 Å². The Morgan fingerprint density at radius 3 is 2.74 bits per heavy atom. The van der Waals surface area contributed by atoms with Crippen LogP contribution in [0.4, 0.5) is 0 Å². The molecule has 23 heavy (non-hydrogen) atoms. The Morgan fingerprint density at radius 2 is 2.04 bits per heavy atom. The van der Waals surface area contributed by atoms with Gasteiger partial charge in [-0.25, -0.2) is 0 Å². The zero-order valence-corrected chi connectivity index (χ0v) is 14.4. The van der Waals surface area contributed by atoms with Crippen molar-refractivity contribution in [2.75, 3.05) is 0 Å². The summed E-state index contributed by atoms with van der Waals surface area (Å²) < 4.78 is 2.28. The molecule has 2 heterocycles. The monoisotopic (exact) mass is 313 g/mol. The van der Waals surface area contributed by atoms with Gasteiger partial charge in [-0.2, -0.15) is 0 Å². The molecule has 0 bridgehead atoms. The molecule has 124 valence electrons. The maximum absolute atomic E-state index is 4.50. The summed E-state index contributed by atoms with van der Waals surface area (Å²) >= 11 is 0. The highest BCUT2D eigenvalue weighted by molar-refractivity contribution is 5.13. The molecule has 1 aliphatic rings. The lowest BCUT2D eigenvalue weighted by molar-refractivity contribution is 0.417. The maximum Gasteiger partial charge on any atom is 0.149 e. The number of hydrogen-bond acceptors (Lipinski definition) is 4. The number of hydrogen-bond donors (Lipinski definition) is 1. The highest BCUT2D eigenvalue weighted by Gasteiger charge is 2.23. The number of nitrogens with one attached hydrogen (secondary N) is 1. The molecule has 2 aromatic heterocycles. The average molecular weight is 313 g/mol. The molecular weight excluding hydrogens is 286 g/mol. The lowest BCUT2D eigenvalue weighted by atomic mass is 10.1. The molecule has 0 aromatic carbocycles. The number of aryl methyl sites for hydroxylation is 1. The average Bonchev–Trinajstić information content (AvgIpc) is 3.19. The summed E-state index contributed by atoms with van der Waals surface area (Å²) in [5, 5.41) is 12.2. The molecule has 1 aliphatic carbocycles. The van der Waals surface area contributed by atoms with E-state index in [0.717, 1.165) is 17.9 Å². The van der Waals surface area contributed by atoms with Crippen molar-refractivity contribution in [1.82, 2.24) is 25.1 Å². The Bertz CT molecular complexity index is 613. The molecule has 0 aliphatic heterocycles. The van der Waals surface area contributed by atoms with E-state index in [0.29, 0.717) is 12.1 Å². The molecule has 3 rings (SSSR count). The van der Waals surface area contributed by atoms with Crippen molar-refractivity contribution < 1.29 is 0 Å². The summed E-state index contributed by atoms with van der Waals surface area (Å²) in [4.78, 5) is 4.50. The van der Waals surface area contributed by atoms with Gasteiger partial charge in [0.15, 0.2) is 0 Å². The molecular formula is C18H27N5. The van der Waals surface area contributed by atoms with E-state index in [2.05, 4.69) is 58.0 Å². The molecule has 0 radical (unpaired) electrons. The fourth-order valence-electron chi connectivity index (χ4n) is 3.52. The van der Waals surface area contributed by atoms with E-state index in [4.69, 9.17) is 0 Å². The van der Waals surface area contributed by atoms with Crippen LogP contribution in [0, 0.1) is 6.92 Å². The van der Waals surface area contributed by atoms with Gasteiger partial charge in [-0.1, -0.05) is 18.9 Å². The first-order valence-electron chi connectivity index (χ1n) is 8.70. The molecule has 5 heteroatoms. The van der Waals surface area contributed by atoms with Crippen molar-refractivity contribution in [2.45, 2.75) is 71.0 Å². The van der Waals surface area contributed by atoms with Crippen LogP contribution < -0.4 is 5.32 Å². The maximum atomic E-state index is 4.50. The van der Waals surface area contributed by atoms with Crippen LogP contribution in [0.1, 0.15) is 68.7 Å². The van der Waals surface area contributed by atoms with E-state index >= 15 is 0 Å². The van der Waals surface area contributed by atoms with Crippen LogP contribution in [-0.4, -0.2) is 25.8 Å². The van der Waals surface area contributed by atoms with Crippen molar-refractivity contribution in [3.05, 3.63) is 41.7 Å². The number of pyridine rings is 1. The fourth-order valence-corrected chi connectivity index (χ4v) is 3.52. The minimum absolute atomic E-state index is 0.193. The summed E-state index contributed by atoms with van der Waals surface area (Å²) in [7, 11) is 0. The van der Waals surface area contributed by atoms with Crippen LogP contribution >= 0.6 is 0 Å². The first kappa shape index (κ1) is 16.1. The number of nitrogens with zero attached hydrogens (tertiary/aromatic N) is 4. The molecule has 0 amide bonds. The highest BCUT2D eigenvalue weighted by Crippen LogP contribution is 2.31. The predicted molar refractivity (Wildman–Crippen MR) is 91.2 cm³/mol. The molecule has 1 saturated carbocycles. The molecule has 1 N–H and O–H groups in total. The van der Waals surface area contributed by atoms with Gasteiger partial charge in [0.1, 0.15) is 12.2 Å². The van der Waals surface area contributed by atoms with Gasteiger partial charge in [0.25, 0.3) is 0 Å². The van der Waals surface area contributed by atoms with Crippen LogP contribution in [0.2, 0.25) is 0 Å². The van der Waals surface area contributed by atoms with Crippen LogP contribution in [0.15, 0.2) is 24.7 Å². The van der Waals surface area contributed by atoms with Gasteiger partial charge in [0.05, 0.1) is 6.04 Å². The summed E-state index contributed by atoms with van der Waals surface area (Å²) in [6, 6.07) is 5.35. The van der Waals surface area contributed by atoms with Gasteiger partial charge in [0.2, 0.25) is 0 Å². The number of aromatic nitrogens is 4. The second-order valence-electron chi connectivity index (χ2n) is 6.86.